The number of benzene rings is 2. The van der Waals surface area contributed by atoms with E-state index in [-0.39, 0.29) is 5.91 Å². The van der Waals surface area contributed by atoms with Crippen molar-refractivity contribution in [3.8, 4) is 11.5 Å². The lowest BCUT2D eigenvalue weighted by Crippen LogP contribution is -2.07. The third-order valence-electron chi connectivity index (χ3n) is 2.95. The molecule has 2 aromatic rings. The van der Waals surface area contributed by atoms with E-state index in [2.05, 4.69) is 5.32 Å². The van der Waals surface area contributed by atoms with Gasteiger partial charge in [-0.1, -0.05) is 17.7 Å². The quantitative estimate of drug-likeness (QED) is 0.848. The van der Waals surface area contributed by atoms with Crippen LogP contribution in [0.2, 0.25) is 5.02 Å². The summed E-state index contributed by atoms with van der Waals surface area (Å²) in [4.78, 5) is 11.9. The highest BCUT2D eigenvalue weighted by atomic mass is 35.5. The molecule has 5 heteroatoms. The van der Waals surface area contributed by atoms with Crippen molar-refractivity contribution in [2.24, 2.45) is 0 Å². The van der Waals surface area contributed by atoms with Crippen LogP contribution in [0, 0.1) is 0 Å². The number of ether oxygens (including phenoxy) is 2. The Hall–Kier alpha value is -2.46. The Balaban J connectivity index is 2.04. The molecule has 0 aliphatic rings. The minimum Gasteiger partial charge on any atom is -0.493 e. The number of carbonyl (C=O) groups excluding carboxylic acids is 1. The van der Waals surface area contributed by atoms with Crippen LogP contribution in [0.4, 0.5) is 5.69 Å². The smallest absolute Gasteiger partial charge is 0.248 e. The first kappa shape index (κ1) is 15.9. The standard InChI is InChI=1S/C17H16ClNO3/c1-21-15-9-3-12(11-16(15)22-2)4-10-17(20)19-14-7-5-13(18)6-8-14/h3-11H,1-2H3,(H,19,20)/b10-4+. The summed E-state index contributed by atoms with van der Waals surface area (Å²) in [6, 6.07) is 12.3. The van der Waals surface area contributed by atoms with Crippen molar-refractivity contribution in [3.63, 3.8) is 0 Å². The zero-order valence-electron chi connectivity index (χ0n) is 12.3. The Morgan fingerprint density at radius 1 is 1.05 bits per heavy atom. The molecule has 2 aromatic carbocycles. The molecule has 0 spiro atoms. The van der Waals surface area contributed by atoms with Gasteiger partial charge in [0.15, 0.2) is 11.5 Å². The van der Waals surface area contributed by atoms with Gasteiger partial charge >= 0.3 is 0 Å². The average molecular weight is 318 g/mol. The molecular formula is C17H16ClNO3. The molecule has 0 aliphatic carbocycles. The lowest BCUT2D eigenvalue weighted by atomic mass is 10.2. The van der Waals surface area contributed by atoms with Crippen LogP contribution in [0.1, 0.15) is 5.56 Å². The first-order valence-electron chi connectivity index (χ1n) is 6.59. The van der Waals surface area contributed by atoms with Crippen LogP contribution in [-0.2, 0) is 4.79 Å². The fourth-order valence-corrected chi connectivity index (χ4v) is 1.97. The van der Waals surface area contributed by atoms with E-state index < -0.39 is 0 Å². The SMILES string of the molecule is COc1ccc(/C=C/C(=O)Nc2ccc(Cl)cc2)cc1OC. The number of rotatable bonds is 5. The molecule has 0 aliphatic heterocycles. The van der Waals surface area contributed by atoms with E-state index in [9.17, 15) is 4.79 Å². The molecule has 0 saturated carbocycles. The first-order chi connectivity index (χ1) is 10.6. The molecule has 0 radical (unpaired) electrons. The van der Waals surface area contributed by atoms with E-state index in [1.807, 2.05) is 6.07 Å². The highest BCUT2D eigenvalue weighted by Crippen LogP contribution is 2.27. The van der Waals surface area contributed by atoms with Crippen LogP contribution in [-0.4, -0.2) is 20.1 Å². The number of halogens is 1. The molecule has 2 rings (SSSR count). The largest absolute Gasteiger partial charge is 0.493 e. The fourth-order valence-electron chi connectivity index (χ4n) is 1.85. The Morgan fingerprint density at radius 3 is 2.36 bits per heavy atom. The van der Waals surface area contributed by atoms with Gasteiger partial charge in [0.05, 0.1) is 14.2 Å². The molecule has 0 saturated heterocycles. The van der Waals surface area contributed by atoms with Crippen LogP contribution in [0.25, 0.3) is 6.08 Å². The van der Waals surface area contributed by atoms with Crippen LogP contribution in [0.5, 0.6) is 11.5 Å². The zero-order chi connectivity index (χ0) is 15.9. The van der Waals surface area contributed by atoms with E-state index in [0.717, 1.165) is 5.56 Å². The van der Waals surface area contributed by atoms with E-state index in [1.54, 1.807) is 56.7 Å². The monoisotopic (exact) mass is 317 g/mol. The predicted octanol–water partition coefficient (Wildman–Crippen LogP) is 4.01. The summed E-state index contributed by atoms with van der Waals surface area (Å²) >= 11 is 5.79. The van der Waals surface area contributed by atoms with Crippen LogP contribution >= 0.6 is 11.6 Å². The first-order valence-corrected chi connectivity index (χ1v) is 6.97. The fraction of sp³-hybridized carbons (Fsp3) is 0.118. The van der Waals surface area contributed by atoms with Crippen LogP contribution in [0.15, 0.2) is 48.5 Å². The van der Waals surface area contributed by atoms with Gasteiger partial charge in [-0.05, 0) is 48.0 Å². The molecule has 1 N–H and O–H groups in total. The zero-order valence-corrected chi connectivity index (χ0v) is 13.1. The third-order valence-corrected chi connectivity index (χ3v) is 3.20. The van der Waals surface area contributed by atoms with Crippen molar-refractivity contribution >= 4 is 29.3 Å². The summed E-state index contributed by atoms with van der Waals surface area (Å²) in [5.74, 6) is 1.03. The Kier molecular flexibility index (Phi) is 5.44. The molecule has 22 heavy (non-hydrogen) atoms. The van der Waals surface area contributed by atoms with Crippen LogP contribution < -0.4 is 14.8 Å². The van der Waals surface area contributed by atoms with Gasteiger partial charge in [0, 0.05) is 16.8 Å². The van der Waals surface area contributed by atoms with E-state index in [1.165, 1.54) is 6.08 Å². The number of amides is 1. The second kappa shape index (κ2) is 7.52. The molecule has 1 amide bonds. The van der Waals surface area contributed by atoms with Gasteiger partial charge in [-0.25, -0.2) is 0 Å². The summed E-state index contributed by atoms with van der Waals surface area (Å²) in [5.41, 5.74) is 1.52. The predicted molar refractivity (Wildman–Crippen MR) is 88.7 cm³/mol. The van der Waals surface area contributed by atoms with Crippen molar-refractivity contribution in [2.45, 2.75) is 0 Å². The molecule has 0 atom stereocenters. The highest BCUT2D eigenvalue weighted by Gasteiger charge is 2.03. The minimum atomic E-state index is -0.225. The molecule has 4 nitrogen and oxygen atoms in total. The Labute approximate surface area is 134 Å². The van der Waals surface area contributed by atoms with E-state index in [4.69, 9.17) is 21.1 Å². The molecule has 0 fully saturated rings. The Bertz CT molecular complexity index is 681. The van der Waals surface area contributed by atoms with Crippen molar-refractivity contribution in [2.75, 3.05) is 19.5 Å². The third kappa shape index (κ3) is 4.27. The number of nitrogens with one attached hydrogen (secondary N) is 1. The van der Waals surface area contributed by atoms with Gasteiger partial charge in [0.1, 0.15) is 0 Å². The summed E-state index contributed by atoms with van der Waals surface area (Å²) in [5, 5.41) is 3.37. The topological polar surface area (TPSA) is 47.6 Å². The molecular weight excluding hydrogens is 302 g/mol. The maximum absolute atomic E-state index is 11.9. The summed E-state index contributed by atoms with van der Waals surface area (Å²) in [6.07, 6.45) is 3.16. The second-order valence-electron chi connectivity index (χ2n) is 4.44. The number of methoxy groups -OCH3 is 2. The van der Waals surface area contributed by atoms with Gasteiger partial charge < -0.3 is 14.8 Å². The molecule has 0 bridgehead atoms. The maximum atomic E-state index is 11.9. The van der Waals surface area contributed by atoms with E-state index >= 15 is 0 Å². The summed E-state index contributed by atoms with van der Waals surface area (Å²) < 4.78 is 10.4. The molecule has 0 aromatic heterocycles. The normalized spacial score (nSPS) is 10.5. The summed E-state index contributed by atoms with van der Waals surface area (Å²) in [7, 11) is 3.14. The number of anilines is 1. The molecule has 0 heterocycles. The van der Waals surface area contributed by atoms with Crippen molar-refractivity contribution in [1.82, 2.24) is 0 Å². The second-order valence-corrected chi connectivity index (χ2v) is 4.88. The minimum absolute atomic E-state index is 0.225. The van der Waals surface area contributed by atoms with Gasteiger partial charge in [-0.2, -0.15) is 0 Å². The van der Waals surface area contributed by atoms with Gasteiger partial charge in [0.2, 0.25) is 5.91 Å². The van der Waals surface area contributed by atoms with Gasteiger partial charge in [-0.3, -0.25) is 4.79 Å². The Morgan fingerprint density at radius 2 is 1.73 bits per heavy atom. The summed E-state index contributed by atoms with van der Waals surface area (Å²) in [6.45, 7) is 0. The molecule has 0 unspecified atom stereocenters. The highest BCUT2D eigenvalue weighted by molar-refractivity contribution is 6.30. The van der Waals surface area contributed by atoms with Gasteiger partial charge in [0.25, 0.3) is 0 Å². The van der Waals surface area contributed by atoms with Crippen LogP contribution in [0.3, 0.4) is 0 Å². The molecule has 114 valence electrons. The van der Waals surface area contributed by atoms with Crippen molar-refractivity contribution in [1.29, 1.82) is 0 Å². The number of hydrogen-bond donors (Lipinski definition) is 1. The lowest BCUT2D eigenvalue weighted by molar-refractivity contribution is -0.111. The van der Waals surface area contributed by atoms with Crippen molar-refractivity contribution < 1.29 is 14.3 Å². The average Bonchev–Trinajstić information content (AvgIpc) is 2.54. The number of carbonyl (C=O) groups is 1. The van der Waals surface area contributed by atoms with E-state index in [0.29, 0.717) is 22.2 Å². The lowest BCUT2D eigenvalue weighted by Gasteiger charge is -2.07. The van der Waals surface area contributed by atoms with Crippen molar-refractivity contribution in [3.05, 3.63) is 59.1 Å². The maximum Gasteiger partial charge on any atom is 0.248 e. The number of hydrogen-bond acceptors (Lipinski definition) is 3. The van der Waals surface area contributed by atoms with Gasteiger partial charge in [-0.15, -0.1) is 0 Å².